The minimum absolute atomic E-state index is 0.0353. The van der Waals surface area contributed by atoms with E-state index in [1.54, 1.807) is 12.3 Å². The molecule has 0 radical (unpaired) electrons. The Bertz CT molecular complexity index is 1290. The Hall–Kier alpha value is -3.38. The number of aryl methyl sites for hydroxylation is 1. The molecule has 174 valence electrons. The topological polar surface area (TPSA) is 63.4 Å². The molecule has 0 spiro atoms. The maximum Gasteiger partial charge on any atom is 0.213 e. The molecule has 4 atom stereocenters. The summed E-state index contributed by atoms with van der Waals surface area (Å²) >= 11 is 0. The highest BCUT2D eigenvalue weighted by Gasteiger charge is 2.44. The number of imidazole rings is 1. The van der Waals surface area contributed by atoms with Crippen LogP contribution in [-0.2, 0) is 6.54 Å². The first-order valence-corrected chi connectivity index (χ1v) is 12.2. The van der Waals surface area contributed by atoms with Gasteiger partial charge in [0.05, 0.1) is 17.1 Å². The van der Waals surface area contributed by atoms with Crippen molar-refractivity contribution in [3.63, 3.8) is 0 Å². The predicted molar refractivity (Wildman–Crippen MR) is 132 cm³/mol. The Morgan fingerprint density at radius 1 is 0.971 bits per heavy atom. The third-order valence-corrected chi connectivity index (χ3v) is 7.49. The number of benzene rings is 2. The van der Waals surface area contributed by atoms with Crippen molar-refractivity contribution in [2.24, 2.45) is 11.8 Å². The second-order valence-electron chi connectivity index (χ2n) is 9.76. The number of likely N-dealkylation sites (tertiary alicyclic amines) is 1. The molecule has 34 heavy (non-hydrogen) atoms. The molecule has 0 unspecified atom stereocenters. The smallest absolute Gasteiger partial charge is 0.213 e. The fourth-order valence-corrected chi connectivity index (χ4v) is 6.08. The molecular weight excluding hydrogens is 424 g/mol. The van der Waals surface area contributed by atoms with E-state index in [0.717, 1.165) is 49.4 Å². The molecule has 6 rings (SSSR count). The molecule has 3 heterocycles. The molecule has 1 N–H and O–H groups in total. The first kappa shape index (κ1) is 21.2. The standard InChI is InChI=1S/C28H30N4O2/c1-19-30-24-9-2-3-10-25(24)32(19)26-14-21-17-31(16-20-7-6-8-23(33)13-20)18-22(21)15-27(26)34-28-11-4-5-12-29-28/h2-13,21-22,26-27,33H,14-18H2,1H3/t21-,22+,26-,27-/m0/s1. The van der Waals surface area contributed by atoms with Gasteiger partial charge in [-0.1, -0.05) is 30.3 Å². The molecular formula is C28H30N4O2. The molecule has 4 aromatic rings. The molecule has 2 fully saturated rings. The number of phenolic OH excluding ortho intramolecular Hbond substituents is 1. The lowest BCUT2D eigenvalue weighted by atomic mass is 9.77. The number of nitrogens with zero attached hydrogens (tertiary/aromatic N) is 4. The van der Waals surface area contributed by atoms with Crippen LogP contribution in [0.15, 0.2) is 72.9 Å². The molecule has 2 aromatic carbocycles. The van der Waals surface area contributed by atoms with E-state index in [0.29, 0.717) is 23.5 Å². The molecule has 1 aliphatic carbocycles. The van der Waals surface area contributed by atoms with Gasteiger partial charge in [0.2, 0.25) is 5.88 Å². The Labute approximate surface area is 199 Å². The largest absolute Gasteiger partial charge is 0.508 e. The Morgan fingerprint density at radius 2 is 1.79 bits per heavy atom. The van der Waals surface area contributed by atoms with Crippen molar-refractivity contribution in [3.05, 3.63) is 84.3 Å². The van der Waals surface area contributed by atoms with E-state index in [4.69, 9.17) is 9.72 Å². The van der Waals surface area contributed by atoms with Crippen LogP contribution in [0.2, 0.25) is 0 Å². The number of pyridine rings is 1. The summed E-state index contributed by atoms with van der Waals surface area (Å²) in [5.41, 5.74) is 3.37. The number of hydrogen-bond acceptors (Lipinski definition) is 5. The van der Waals surface area contributed by atoms with Gasteiger partial charge in [-0.05, 0) is 67.5 Å². The number of para-hydroxylation sites is 2. The SMILES string of the molecule is Cc1nc2ccccc2n1[C@H]1C[C@H]2CN(Cc3cccc(O)c3)C[C@H]2C[C@@H]1Oc1ccccn1. The van der Waals surface area contributed by atoms with Crippen LogP contribution in [0, 0.1) is 18.8 Å². The van der Waals surface area contributed by atoms with Crippen LogP contribution in [0.4, 0.5) is 0 Å². The third-order valence-electron chi connectivity index (χ3n) is 7.49. The van der Waals surface area contributed by atoms with Gasteiger partial charge in [-0.25, -0.2) is 9.97 Å². The fraction of sp³-hybridized carbons (Fsp3) is 0.357. The van der Waals surface area contributed by atoms with Gasteiger partial charge in [0.1, 0.15) is 17.7 Å². The van der Waals surface area contributed by atoms with Crippen molar-refractivity contribution in [3.8, 4) is 11.6 Å². The van der Waals surface area contributed by atoms with Crippen LogP contribution < -0.4 is 4.74 Å². The maximum absolute atomic E-state index is 9.87. The van der Waals surface area contributed by atoms with Crippen LogP contribution in [0.5, 0.6) is 11.6 Å². The summed E-state index contributed by atoms with van der Waals surface area (Å²) in [4.78, 5) is 11.8. The summed E-state index contributed by atoms with van der Waals surface area (Å²) in [5, 5.41) is 9.87. The zero-order chi connectivity index (χ0) is 23.1. The number of phenols is 1. The van der Waals surface area contributed by atoms with E-state index in [2.05, 4.69) is 45.6 Å². The molecule has 2 aliphatic rings. The average molecular weight is 455 g/mol. The monoisotopic (exact) mass is 454 g/mol. The van der Waals surface area contributed by atoms with Crippen molar-refractivity contribution in [2.45, 2.75) is 38.5 Å². The Balaban J connectivity index is 1.30. The van der Waals surface area contributed by atoms with Crippen molar-refractivity contribution in [2.75, 3.05) is 13.1 Å². The summed E-state index contributed by atoms with van der Waals surface area (Å²) in [6.07, 6.45) is 3.88. The predicted octanol–water partition coefficient (Wildman–Crippen LogP) is 4.98. The van der Waals surface area contributed by atoms with E-state index in [1.807, 2.05) is 36.4 Å². The molecule has 2 aromatic heterocycles. The number of ether oxygens (including phenoxy) is 1. The van der Waals surface area contributed by atoms with Crippen molar-refractivity contribution in [1.29, 1.82) is 0 Å². The second-order valence-corrected chi connectivity index (χ2v) is 9.76. The number of fused-ring (bicyclic) bond motifs is 2. The van der Waals surface area contributed by atoms with Crippen molar-refractivity contribution < 1.29 is 9.84 Å². The number of aromatic hydroxyl groups is 1. The second kappa shape index (κ2) is 8.76. The molecule has 1 aliphatic heterocycles. The Kier molecular flexibility index (Phi) is 5.46. The summed E-state index contributed by atoms with van der Waals surface area (Å²) in [5.74, 6) is 3.24. The zero-order valence-corrected chi connectivity index (χ0v) is 19.4. The van der Waals surface area contributed by atoms with Gasteiger partial charge < -0.3 is 14.4 Å². The van der Waals surface area contributed by atoms with Gasteiger partial charge >= 0.3 is 0 Å². The van der Waals surface area contributed by atoms with Crippen LogP contribution in [0.3, 0.4) is 0 Å². The van der Waals surface area contributed by atoms with Crippen LogP contribution in [0.25, 0.3) is 11.0 Å². The van der Waals surface area contributed by atoms with E-state index in [1.165, 1.54) is 5.52 Å². The molecule has 1 saturated heterocycles. The Morgan fingerprint density at radius 3 is 2.62 bits per heavy atom. The lowest BCUT2D eigenvalue weighted by molar-refractivity contribution is 0.0522. The lowest BCUT2D eigenvalue weighted by Crippen LogP contribution is -2.40. The molecule has 0 bridgehead atoms. The minimum atomic E-state index is 0.0353. The lowest BCUT2D eigenvalue weighted by Gasteiger charge is -2.39. The third kappa shape index (κ3) is 4.03. The maximum atomic E-state index is 9.87. The molecule has 1 saturated carbocycles. The van der Waals surface area contributed by atoms with E-state index < -0.39 is 0 Å². The highest BCUT2D eigenvalue weighted by atomic mass is 16.5. The van der Waals surface area contributed by atoms with Crippen LogP contribution >= 0.6 is 0 Å². The van der Waals surface area contributed by atoms with Gasteiger partial charge in [-0.3, -0.25) is 4.90 Å². The van der Waals surface area contributed by atoms with Crippen LogP contribution in [-0.4, -0.2) is 43.7 Å². The summed E-state index contributed by atoms with van der Waals surface area (Å²) < 4.78 is 8.96. The van der Waals surface area contributed by atoms with E-state index >= 15 is 0 Å². The molecule has 6 nitrogen and oxygen atoms in total. The van der Waals surface area contributed by atoms with Crippen molar-refractivity contribution >= 4 is 11.0 Å². The summed E-state index contributed by atoms with van der Waals surface area (Å²) in [6, 6.07) is 22.1. The summed E-state index contributed by atoms with van der Waals surface area (Å²) in [7, 11) is 0. The highest BCUT2D eigenvalue weighted by molar-refractivity contribution is 5.76. The highest BCUT2D eigenvalue weighted by Crippen LogP contribution is 2.44. The van der Waals surface area contributed by atoms with E-state index in [-0.39, 0.29) is 12.1 Å². The van der Waals surface area contributed by atoms with Crippen molar-refractivity contribution in [1.82, 2.24) is 19.4 Å². The van der Waals surface area contributed by atoms with Gasteiger partial charge in [-0.2, -0.15) is 0 Å². The zero-order valence-electron chi connectivity index (χ0n) is 19.4. The minimum Gasteiger partial charge on any atom is -0.508 e. The summed E-state index contributed by atoms with van der Waals surface area (Å²) in [6.45, 7) is 5.09. The first-order chi connectivity index (χ1) is 16.6. The number of aromatic nitrogens is 3. The number of rotatable bonds is 5. The van der Waals surface area contributed by atoms with E-state index in [9.17, 15) is 5.11 Å². The average Bonchev–Trinajstić information content (AvgIpc) is 3.37. The van der Waals surface area contributed by atoms with Gasteiger partial charge in [0.15, 0.2) is 0 Å². The molecule has 0 amide bonds. The van der Waals surface area contributed by atoms with Gasteiger partial charge in [-0.15, -0.1) is 0 Å². The fourth-order valence-electron chi connectivity index (χ4n) is 6.08. The van der Waals surface area contributed by atoms with Gasteiger partial charge in [0.25, 0.3) is 0 Å². The quantitative estimate of drug-likeness (QED) is 0.461. The molecule has 6 heteroatoms. The first-order valence-electron chi connectivity index (χ1n) is 12.2. The van der Waals surface area contributed by atoms with Crippen LogP contribution in [0.1, 0.15) is 30.3 Å². The normalized spacial score (nSPS) is 24.9. The van der Waals surface area contributed by atoms with Gasteiger partial charge in [0, 0.05) is 31.9 Å². The number of hydrogen-bond donors (Lipinski definition) is 1.